The van der Waals surface area contributed by atoms with E-state index in [4.69, 9.17) is 10.5 Å². The summed E-state index contributed by atoms with van der Waals surface area (Å²) >= 11 is 1.66. The van der Waals surface area contributed by atoms with Crippen LogP contribution in [0.15, 0.2) is 0 Å². The van der Waals surface area contributed by atoms with Gasteiger partial charge in [0.15, 0.2) is 0 Å². The largest absolute Gasteiger partial charge is 0.379 e. The molecular weight excluding hydrogens is 212 g/mol. The van der Waals surface area contributed by atoms with Crippen molar-refractivity contribution in [1.29, 1.82) is 0 Å². The van der Waals surface area contributed by atoms with Crippen LogP contribution in [-0.2, 0) is 9.53 Å². The summed E-state index contributed by atoms with van der Waals surface area (Å²) in [7, 11) is 0. The first-order valence-electron chi connectivity index (χ1n) is 5.41. The van der Waals surface area contributed by atoms with Gasteiger partial charge in [-0.2, -0.15) is 0 Å². The van der Waals surface area contributed by atoms with Crippen molar-refractivity contribution in [2.75, 3.05) is 26.3 Å². The van der Waals surface area contributed by atoms with Gasteiger partial charge in [0, 0.05) is 13.1 Å². The fourth-order valence-corrected chi connectivity index (χ4v) is 2.81. The number of ether oxygens (including phenoxy) is 1. The number of hydrogen-bond donors (Lipinski definition) is 1. The highest BCUT2D eigenvalue weighted by molar-refractivity contribution is 8.01. The lowest BCUT2D eigenvalue weighted by Gasteiger charge is -2.33. The van der Waals surface area contributed by atoms with Crippen LogP contribution in [0.2, 0.25) is 0 Å². The highest BCUT2D eigenvalue weighted by Gasteiger charge is 2.22. The molecule has 1 aliphatic heterocycles. The summed E-state index contributed by atoms with van der Waals surface area (Å²) in [4.78, 5) is 13.4. The van der Waals surface area contributed by atoms with Crippen LogP contribution in [0.5, 0.6) is 0 Å². The topological polar surface area (TPSA) is 55.6 Å². The zero-order valence-corrected chi connectivity index (χ0v) is 10.3. The second kappa shape index (κ2) is 6.35. The van der Waals surface area contributed by atoms with Crippen molar-refractivity contribution in [3.8, 4) is 0 Å². The molecule has 0 radical (unpaired) electrons. The maximum Gasteiger partial charge on any atom is 0.230 e. The van der Waals surface area contributed by atoms with Crippen LogP contribution in [0.1, 0.15) is 20.3 Å². The summed E-state index contributed by atoms with van der Waals surface area (Å²) in [6.45, 7) is 7.60. The number of amides is 1. The summed E-state index contributed by atoms with van der Waals surface area (Å²) in [6.07, 6.45) is 0.800. The fraction of sp³-hybridized carbons (Fsp3) is 0.900. The number of nitrogens with zero attached hydrogens (tertiary/aromatic N) is 1. The number of morpholine rings is 1. The van der Waals surface area contributed by atoms with Crippen molar-refractivity contribution in [3.05, 3.63) is 0 Å². The van der Waals surface area contributed by atoms with Gasteiger partial charge in [0.05, 0.1) is 23.8 Å². The zero-order chi connectivity index (χ0) is 11.3. The van der Waals surface area contributed by atoms with Gasteiger partial charge >= 0.3 is 0 Å². The summed E-state index contributed by atoms with van der Waals surface area (Å²) in [6, 6.07) is 0. The lowest BCUT2D eigenvalue weighted by Crippen LogP contribution is -2.42. The van der Waals surface area contributed by atoms with Crippen molar-refractivity contribution >= 4 is 17.7 Å². The van der Waals surface area contributed by atoms with Gasteiger partial charge in [0.1, 0.15) is 0 Å². The molecule has 1 fully saturated rings. The van der Waals surface area contributed by atoms with Crippen LogP contribution < -0.4 is 5.73 Å². The first-order chi connectivity index (χ1) is 7.15. The van der Waals surface area contributed by atoms with Crippen LogP contribution in [-0.4, -0.2) is 47.7 Å². The van der Waals surface area contributed by atoms with Gasteiger partial charge in [-0.3, -0.25) is 9.69 Å². The Hall–Kier alpha value is -0.260. The lowest BCUT2D eigenvalue weighted by molar-refractivity contribution is -0.117. The monoisotopic (exact) mass is 232 g/mol. The molecule has 2 atom stereocenters. The highest BCUT2D eigenvalue weighted by Crippen LogP contribution is 2.23. The second-order valence-corrected chi connectivity index (χ2v) is 5.21. The molecule has 0 spiro atoms. The lowest BCUT2D eigenvalue weighted by atomic mass is 10.3. The standard InChI is InChI=1S/C10H20N2O2S/c1-3-9(10(11)13)15-8(2)12-4-6-14-7-5-12/h8-9H,3-7H2,1-2H3,(H2,11,13). The molecule has 0 saturated carbocycles. The Morgan fingerprint density at radius 2 is 2.13 bits per heavy atom. The number of thioether (sulfide) groups is 1. The first kappa shape index (κ1) is 12.8. The highest BCUT2D eigenvalue weighted by atomic mass is 32.2. The summed E-state index contributed by atoms with van der Waals surface area (Å²) in [5.41, 5.74) is 5.32. The Balaban J connectivity index is 2.38. The van der Waals surface area contributed by atoms with Crippen LogP contribution in [0, 0.1) is 0 Å². The van der Waals surface area contributed by atoms with Gasteiger partial charge in [-0.25, -0.2) is 0 Å². The van der Waals surface area contributed by atoms with Gasteiger partial charge in [-0.15, -0.1) is 11.8 Å². The molecule has 1 aliphatic rings. The van der Waals surface area contributed by atoms with E-state index in [0.29, 0.717) is 5.37 Å². The zero-order valence-electron chi connectivity index (χ0n) is 9.44. The van der Waals surface area contributed by atoms with E-state index in [1.54, 1.807) is 11.8 Å². The van der Waals surface area contributed by atoms with Gasteiger partial charge in [-0.05, 0) is 13.3 Å². The van der Waals surface area contributed by atoms with E-state index in [1.165, 1.54) is 0 Å². The number of hydrogen-bond acceptors (Lipinski definition) is 4. The number of carbonyl (C=O) groups is 1. The Kier molecular flexibility index (Phi) is 5.42. The molecule has 88 valence electrons. The molecule has 5 heteroatoms. The third kappa shape index (κ3) is 4.01. The van der Waals surface area contributed by atoms with Crippen molar-refractivity contribution in [2.24, 2.45) is 5.73 Å². The minimum absolute atomic E-state index is 0.0668. The Morgan fingerprint density at radius 1 is 1.53 bits per heavy atom. The molecule has 0 bridgehead atoms. The van der Waals surface area contributed by atoms with Crippen LogP contribution in [0.4, 0.5) is 0 Å². The molecule has 0 aromatic carbocycles. The van der Waals surface area contributed by atoms with Crippen LogP contribution in [0.3, 0.4) is 0 Å². The molecule has 15 heavy (non-hydrogen) atoms. The minimum Gasteiger partial charge on any atom is -0.379 e. The minimum atomic E-state index is -0.206. The van der Waals surface area contributed by atoms with E-state index >= 15 is 0 Å². The molecule has 0 aliphatic carbocycles. The van der Waals surface area contributed by atoms with Gasteiger partial charge < -0.3 is 10.5 Å². The van der Waals surface area contributed by atoms with E-state index in [1.807, 2.05) is 6.92 Å². The average Bonchev–Trinajstić information content (AvgIpc) is 2.26. The normalized spacial score (nSPS) is 22.3. The molecule has 4 nitrogen and oxygen atoms in total. The van der Waals surface area contributed by atoms with Crippen LogP contribution in [0.25, 0.3) is 0 Å². The third-order valence-electron chi connectivity index (χ3n) is 2.61. The van der Waals surface area contributed by atoms with Crippen molar-refractivity contribution in [2.45, 2.75) is 30.9 Å². The number of primary amides is 1. The van der Waals surface area contributed by atoms with Crippen molar-refractivity contribution < 1.29 is 9.53 Å². The Bertz CT molecular complexity index is 208. The van der Waals surface area contributed by atoms with E-state index < -0.39 is 0 Å². The van der Waals surface area contributed by atoms with Crippen LogP contribution >= 0.6 is 11.8 Å². The Labute approximate surface area is 95.5 Å². The molecular formula is C10H20N2O2S. The van der Waals surface area contributed by atoms with Gasteiger partial charge in [-0.1, -0.05) is 6.92 Å². The second-order valence-electron chi connectivity index (χ2n) is 3.68. The SMILES string of the molecule is CCC(SC(C)N1CCOCC1)C(N)=O. The molecule has 1 saturated heterocycles. The van der Waals surface area contributed by atoms with E-state index in [-0.39, 0.29) is 11.2 Å². The molecule has 1 amide bonds. The molecule has 2 unspecified atom stereocenters. The van der Waals surface area contributed by atoms with E-state index in [2.05, 4.69) is 11.8 Å². The predicted octanol–water partition coefficient (Wildman–Crippen LogP) is 0.662. The van der Waals surface area contributed by atoms with E-state index in [0.717, 1.165) is 32.7 Å². The quantitative estimate of drug-likeness (QED) is 0.756. The molecule has 0 aromatic rings. The molecule has 2 N–H and O–H groups in total. The molecule has 1 rings (SSSR count). The number of carbonyl (C=O) groups excluding carboxylic acids is 1. The smallest absolute Gasteiger partial charge is 0.230 e. The first-order valence-corrected chi connectivity index (χ1v) is 6.36. The van der Waals surface area contributed by atoms with Gasteiger partial charge in [0.2, 0.25) is 5.91 Å². The summed E-state index contributed by atoms with van der Waals surface area (Å²) in [5, 5.41) is 0.272. The maximum atomic E-state index is 11.1. The number of nitrogens with two attached hydrogens (primary N) is 1. The maximum absolute atomic E-state index is 11.1. The Morgan fingerprint density at radius 3 is 2.60 bits per heavy atom. The number of rotatable bonds is 5. The van der Waals surface area contributed by atoms with Gasteiger partial charge in [0.25, 0.3) is 0 Å². The van der Waals surface area contributed by atoms with Crippen molar-refractivity contribution in [1.82, 2.24) is 4.90 Å². The average molecular weight is 232 g/mol. The molecule has 1 heterocycles. The molecule has 0 aromatic heterocycles. The van der Waals surface area contributed by atoms with E-state index in [9.17, 15) is 4.79 Å². The predicted molar refractivity (Wildman–Crippen MR) is 62.7 cm³/mol. The fourth-order valence-electron chi connectivity index (χ4n) is 1.63. The summed E-state index contributed by atoms with van der Waals surface area (Å²) < 4.78 is 5.29. The third-order valence-corrected chi connectivity index (χ3v) is 4.20. The summed E-state index contributed by atoms with van der Waals surface area (Å²) in [5.74, 6) is -0.206. The van der Waals surface area contributed by atoms with Crippen molar-refractivity contribution in [3.63, 3.8) is 0 Å².